The van der Waals surface area contributed by atoms with Crippen LogP contribution in [0.3, 0.4) is 0 Å². The Balaban J connectivity index is 2.17. The molecule has 21 heavy (non-hydrogen) atoms. The molecular formula is C16H23N5. The molecule has 0 saturated heterocycles. The molecule has 2 aromatic heterocycles. The van der Waals surface area contributed by atoms with Crippen LogP contribution in [-0.2, 0) is 6.54 Å². The van der Waals surface area contributed by atoms with E-state index in [-0.39, 0.29) is 0 Å². The summed E-state index contributed by atoms with van der Waals surface area (Å²) in [6, 6.07) is 6.08. The third-order valence-corrected chi connectivity index (χ3v) is 3.31. The summed E-state index contributed by atoms with van der Waals surface area (Å²) in [5.74, 6) is 1.85. The van der Waals surface area contributed by atoms with E-state index >= 15 is 0 Å². The summed E-state index contributed by atoms with van der Waals surface area (Å²) in [4.78, 5) is 15.4. The minimum atomic E-state index is 0.729. The van der Waals surface area contributed by atoms with E-state index in [9.17, 15) is 0 Å². The number of aromatic nitrogens is 3. The van der Waals surface area contributed by atoms with Crippen molar-refractivity contribution in [2.24, 2.45) is 0 Å². The predicted octanol–water partition coefficient (Wildman–Crippen LogP) is 2.95. The van der Waals surface area contributed by atoms with Gasteiger partial charge in [0.25, 0.3) is 0 Å². The van der Waals surface area contributed by atoms with E-state index in [0.717, 1.165) is 48.1 Å². The van der Waals surface area contributed by atoms with Gasteiger partial charge in [-0.1, -0.05) is 13.0 Å². The fourth-order valence-corrected chi connectivity index (χ4v) is 2.25. The molecule has 0 atom stereocenters. The Hall–Kier alpha value is -2.17. The molecule has 0 aliphatic rings. The fourth-order valence-electron chi connectivity index (χ4n) is 2.25. The molecule has 0 aromatic carbocycles. The molecule has 0 radical (unpaired) electrons. The van der Waals surface area contributed by atoms with E-state index in [1.165, 1.54) is 0 Å². The second-order valence-corrected chi connectivity index (χ2v) is 5.22. The highest BCUT2D eigenvalue weighted by atomic mass is 15.2. The van der Waals surface area contributed by atoms with Crippen LogP contribution in [0.15, 0.2) is 24.5 Å². The molecule has 0 bridgehead atoms. The van der Waals surface area contributed by atoms with Gasteiger partial charge in [-0.15, -0.1) is 0 Å². The van der Waals surface area contributed by atoms with Crippen LogP contribution in [0.1, 0.15) is 30.3 Å². The number of aryl methyl sites for hydroxylation is 1. The molecule has 5 heteroatoms. The molecular weight excluding hydrogens is 262 g/mol. The summed E-state index contributed by atoms with van der Waals surface area (Å²) in [7, 11) is 2.03. The lowest BCUT2D eigenvalue weighted by Gasteiger charge is -2.21. The van der Waals surface area contributed by atoms with Crippen LogP contribution in [0, 0.1) is 13.8 Å². The molecule has 0 saturated carbocycles. The molecule has 112 valence electrons. The standard InChI is InChI=1S/C16H23N5/c1-5-9-17-15-13(3)16(19-11-18-15)21(4)10-14-8-6-7-12(2)20-14/h6-8,11H,5,9-10H2,1-4H3,(H,17,18,19). The minimum absolute atomic E-state index is 0.729. The van der Waals surface area contributed by atoms with E-state index in [1.54, 1.807) is 6.33 Å². The second-order valence-electron chi connectivity index (χ2n) is 5.22. The monoisotopic (exact) mass is 285 g/mol. The Morgan fingerprint density at radius 1 is 1.19 bits per heavy atom. The largest absolute Gasteiger partial charge is 0.370 e. The van der Waals surface area contributed by atoms with Crippen molar-refractivity contribution in [1.82, 2.24) is 15.0 Å². The predicted molar refractivity (Wildman–Crippen MR) is 86.6 cm³/mol. The maximum Gasteiger partial charge on any atom is 0.137 e. The van der Waals surface area contributed by atoms with Gasteiger partial charge >= 0.3 is 0 Å². The zero-order valence-electron chi connectivity index (χ0n) is 13.2. The first-order valence-corrected chi connectivity index (χ1v) is 7.31. The van der Waals surface area contributed by atoms with Gasteiger partial charge < -0.3 is 10.2 Å². The maximum absolute atomic E-state index is 4.54. The second kappa shape index (κ2) is 7.02. The van der Waals surface area contributed by atoms with Crippen LogP contribution in [0.5, 0.6) is 0 Å². The van der Waals surface area contributed by atoms with E-state index in [1.807, 2.05) is 39.1 Å². The van der Waals surface area contributed by atoms with E-state index in [2.05, 4.69) is 32.1 Å². The van der Waals surface area contributed by atoms with Crippen LogP contribution in [-0.4, -0.2) is 28.5 Å². The molecule has 0 aliphatic carbocycles. The number of pyridine rings is 1. The molecule has 1 N–H and O–H groups in total. The van der Waals surface area contributed by atoms with Gasteiger partial charge in [-0.3, -0.25) is 4.98 Å². The minimum Gasteiger partial charge on any atom is -0.370 e. The summed E-state index contributed by atoms with van der Waals surface area (Å²) in [5.41, 5.74) is 3.14. The summed E-state index contributed by atoms with van der Waals surface area (Å²) in [6.45, 7) is 7.84. The SMILES string of the molecule is CCCNc1ncnc(N(C)Cc2cccc(C)n2)c1C. The molecule has 2 heterocycles. The van der Waals surface area contributed by atoms with Crippen molar-refractivity contribution < 1.29 is 0 Å². The van der Waals surface area contributed by atoms with Crippen LogP contribution in [0.25, 0.3) is 0 Å². The first-order valence-electron chi connectivity index (χ1n) is 7.31. The van der Waals surface area contributed by atoms with Gasteiger partial charge in [0.05, 0.1) is 12.2 Å². The van der Waals surface area contributed by atoms with Crippen molar-refractivity contribution >= 4 is 11.6 Å². The van der Waals surface area contributed by atoms with Gasteiger partial charge in [0.2, 0.25) is 0 Å². The Kier molecular flexibility index (Phi) is 5.09. The van der Waals surface area contributed by atoms with Crippen LogP contribution in [0.4, 0.5) is 11.6 Å². The van der Waals surface area contributed by atoms with E-state index in [4.69, 9.17) is 0 Å². The quantitative estimate of drug-likeness (QED) is 0.884. The summed E-state index contributed by atoms with van der Waals surface area (Å²) in [5, 5.41) is 3.34. The van der Waals surface area contributed by atoms with Crippen molar-refractivity contribution in [3.05, 3.63) is 41.5 Å². The molecule has 0 spiro atoms. The van der Waals surface area contributed by atoms with Crippen molar-refractivity contribution in [1.29, 1.82) is 0 Å². The van der Waals surface area contributed by atoms with E-state index in [0.29, 0.717) is 0 Å². The Morgan fingerprint density at radius 3 is 2.71 bits per heavy atom. The number of hydrogen-bond acceptors (Lipinski definition) is 5. The van der Waals surface area contributed by atoms with Gasteiger partial charge in [-0.05, 0) is 32.4 Å². The van der Waals surface area contributed by atoms with Crippen LogP contribution in [0.2, 0.25) is 0 Å². The van der Waals surface area contributed by atoms with Crippen molar-refractivity contribution in [3.8, 4) is 0 Å². The number of nitrogens with one attached hydrogen (secondary N) is 1. The van der Waals surface area contributed by atoms with Crippen molar-refractivity contribution in [2.75, 3.05) is 23.8 Å². The van der Waals surface area contributed by atoms with Crippen molar-refractivity contribution in [3.63, 3.8) is 0 Å². The number of hydrogen-bond donors (Lipinski definition) is 1. The van der Waals surface area contributed by atoms with E-state index < -0.39 is 0 Å². The average molecular weight is 285 g/mol. The summed E-state index contributed by atoms with van der Waals surface area (Å²) in [6.07, 6.45) is 2.68. The van der Waals surface area contributed by atoms with Gasteiger partial charge in [-0.25, -0.2) is 9.97 Å². The lowest BCUT2D eigenvalue weighted by molar-refractivity contribution is 0.847. The first-order chi connectivity index (χ1) is 10.1. The Bertz CT molecular complexity index is 597. The third-order valence-electron chi connectivity index (χ3n) is 3.31. The summed E-state index contributed by atoms with van der Waals surface area (Å²) >= 11 is 0. The molecule has 0 unspecified atom stereocenters. The number of anilines is 2. The highest BCUT2D eigenvalue weighted by molar-refractivity contribution is 5.57. The zero-order valence-corrected chi connectivity index (χ0v) is 13.2. The molecule has 5 nitrogen and oxygen atoms in total. The third kappa shape index (κ3) is 3.90. The average Bonchev–Trinajstić information content (AvgIpc) is 2.46. The molecule has 2 rings (SSSR count). The van der Waals surface area contributed by atoms with Crippen molar-refractivity contribution in [2.45, 2.75) is 33.7 Å². The number of rotatable bonds is 6. The highest BCUT2D eigenvalue weighted by Gasteiger charge is 2.11. The smallest absolute Gasteiger partial charge is 0.137 e. The van der Waals surface area contributed by atoms with Gasteiger partial charge in [0, 0.05) is 24.8 Å². The molecule has 0 aliphatic heterocycles. The van der Waals surface area contributed by atoms with Crippen LogP contribution >= 0.6 is 0 Å². The maximum atomic E-state index is 4.54. The summed E-state index contributed by atoms with van der Waals surface area (Å²) < 4.78 is 0. The topological polar surface area (TPSA) is 53.9 Å². The Labute approximate surface area is 126 Å². The van der Waals surface area contributed by atoms with Gasteiger partial charge in [-0.2, -0.15) is 0 Å². The van der Waals surface area contributed by atoms with Crippen LogP contribution < -0.4 is 10.2 Å². The van der Waals surface area contributed by atoms with Gasteiger partial charge in [0.1, 0.15) is 18.0 Å². The first kappa shape index (κ1) is 15.2. The zero-order chi connectivity index (χ0) is 15.2. The normalized spacial score (nSPS) is 10.5. The number of nitrogens with zero attached hydrogens (tertiary/aromatic N) is 4. The molecule has 2 aromatic rings. The highest BCUT2D eigenvalue weighted by Crippen LogP contribution is 2.22. The van der Waals surface area contributed by atoms with Gasteiger partial charge in [0.15, 0.2) is 0 Å². The molecule has 0 amide bonds. The Morgan fingerprint density at radius 2 is 2.00 bits per heavy atom. The fraction of sp³-hybridized carbons (Fsp3) is 0.438. The lowest BCUT2D eigenvalue weighted by atomic mass is 10.2. The lowest BCUT2D eigenvalue weighted by Crippen LogP contribution is -2.20. The molecule has 0 fully saturated rings.